The first-order valence-electron chi connectivity index (χ1n) is 8.87. The van der Waals surface area contributed by atoms with Gasteiger partial charge in [-0.1, -0.05) is 17.8 Å². The minimum absolute atomic E-state index is 0.120. The summed E-state index contributed by atoms with van der Waals surface area (Å²) in [6, 6.07) is 7.75. The summed E-state index contributed by atoms with van der Waals surface area (Å²) in [5.41, 5.74) is 3.72. The van der Waals surface area contributed by atoms with Crippen LogP contribution >= 0.6 is 11.8 Å². The van der Waals surface area contributed by atoms with Gasteiger partial charge >= 0.3 is 0 Å². The fourth-order valence-corrected chi connectivity index (χ4v) is 4.29. The van der Waals surface area contributed by atoms with Crippen LogP contribution in [0.15, 0.2) is 35.6 Å². The van der Waals surface area contributed by atoms with E-state index in [0.717, 1.165) is 53.7 Å². The van der Waals surface area contributed by atoms with E-state index in [1.165, 1.54) is 11.8 Å². The van der Waals surface area contributed by atoms with Crippen molar-refractivity contribution in [2.45, 2.75) is 44.5 Å². The maximum atomic E-state index is 12.8. The summed E-state index contributed by atoms with van der Waals surface area (Å²) < 4.78 is 9.86. The quantitative estimate of drug-likeness (QED) is 0.492. The van der Waals surface area contributed by atoms with Crippen molar-refractivity contribution in [2.75, 3.05) is 12.4 Å². The number of hydrogen-bond acceptors (Lipinski definition) is 5. The van der Waals surface area contributed by atoms with Crippen molar-refractivity contribution in [1.29, 1.82) is 0 Å². The Morgan fingerprint density at radius 3 is 3.04 bits per heavy atom. The Hall–Kier alpha value is -2.12. The molecule has 3 aromatic rings. The normalized spacial score (nSPS) is 17.2. The van der Waals surface area contributed by atoms with Crippen molar-refractivity contribution in [3.05, 3.63) is 47.4 Å². The van der Waals surface area contributed by atoms with E-state index in [-0.39, 0.29) is 11.9 Å². The predicted molar refractivity (Wildman–Crippen MR) is 101 cm³/mol. The van der Waals surface area contributed by atoms with Crippen LogP contribution < -0.4 is 0 Å². The van der Waals surface area contributed by atoms with Gasteiger partial charge < -0.3 is 9.30 Å². The topological polar surface area (TPSA) is 61.4 Å². The Morgan fingerprint density at radius 2 is 2.23 bits per heavy atom. The van der Waals surface area contributed by atoms with Crippen LogP contribution in [0.4, 0.5) is 0 Å². The molecule has 1 atom stereocenters. The van der Waals surface area contributed by atoms with E-state index in [9.17, 15) is 4.79 Å². The predicted octanol–water partition coefficient (Wildman–Crippen LogP) is 3.30. The number of aryl methyl sites for hydroxylation is 1. The largest absolute Gasteiger partial charge is 0.376 e. The molecule has 0 radical (unpaired) electrons. The van der Waals surface area contributed by atoms with Gasteiger partial charge in [0.15, 0.2) is 16.6 Å². The summed E-state index contributed by atoms with van der Waals surface area (Å²) in [5.74, 6) is 0.467. The monoisotopic (exact) mass is 370 g/mol. The number of aromatic nitrogens is 4. The second-order valence-electron chi connectivity index (χ2n) is 6.65. The van der Waals surface area contributed by atoms with E-state index in [2.05, 4.69) is 21.7 Å². The summed E-state index contributed by atoms with van der Waals surface area (Å²) in [5, 5.41) is 9.04. The second kappa shape index (κ2) is 7.25. The lowest BCUT2D eigenvalue weighted by molar-refractivity contribution is 0.0957. The van der Waals surface area contributed by atoms with Gasteiger partial charge in [-0.2, -0.15) is 0 Å². The number of hydrogen-bond donors (Lipinski definition) is 0. The summed E-state index contributed by atoms with van der Waals surface area (Å²) in [4.78, 5) is 12.8. The molecular weight excluding hydrogens is 348 g/mol. The number of pyridine rings is 1. The third kappa shape index (κ3) is 3.29. The lowest BCUT2D eigenvalue weighted by Crippen LogP contribution is -2.17. The number of carbonyl (C=O) groups is 1. The van der Waals surface area contributed by atoms with Crippen LogP contribution in [-0.4, -0.2) is 43.4 Å². The summed E-state index contributed by atoms with van der Waals surface area (Å²) in [6.45, 7) is 5.75. The molecule has 4 rings (SSSR count). The maximum Gasteiger partial charge on any atom is 0.196 e. The Bertz CT molecular complexity index is 940. The smallest absolute Gasteiger partial charge is 0.196 e. The number of ether oxygens (including phenoxy) is 1. The first-order chi connectivity index (χ1) is 12.6. The molecule has 136 valence electrons. The summed E-state index contributed by atoms with van der Waals surface area (Å²) in [7, 11) is 0. The zero-order valence-corrected chi connectivity index (χ0v) is 15.8. The molecule has 26 heavy (non-hydrogen) atoms. The number of carbonyl (C=O) groups excluding carboxylic acids is 1. The first kappa shape index (κ1) is 17.3. The fraction of sp³-hybridized carbons (Fsp3) is 0.421. The lowest BCUT2D eigenvalue weighted by atomic mass is 10.2. The van der Waals surface area contributed by atoms with E-state index >= 15 is 0 Å². The van der Waals surface area contributed by atoms with Gasteiger partial charge in [0.25, 0.3) is 0 Å². The molecule has 0 unspecified atom stereocenters. The summed E-state index contributed by atoms with van der Waals surface area (Å²) in [6.07, 6.45) is 4.39. The van der Waals surface area contributed by atoms with Crippen molar-refractivity contribution in [3.63, 3.8) is 0 Å². The van der Waals surface area contributed by atoms with Crippen LogP contribution in [0.3, 0.4) is 0 Å². The van der Waals surface area contributed by atoms with Gasteiger partial charge in [-0.15, -0.1) is 10.2 Å². The van der Waals surface area contributed by atoms with E-state index in [4.69, 9.17) is 4.74 Å². The maximum absolute atomic E-state index is 12.8. The van der Waals surface area contributed by atoms with Crippen molar-refractivity contribution < 1.29 is 9.53 Å². The Balaban J connectivity index is 1.47. The van der Waals surface area contributed by atoms with E-state index in [0.29, 0.717) is 5.75 Å². The van der Waals surface area contributed by atoms with Gasteiger partial charge in [-0.05, 0) is 44.9 Å². The number of ketones is 1. The molecule has 0 saturated carbocycles. The minimum Gasteiger partial charge on any atom is -0.376 e. The molecule has 1 aliphatic rings. The molecule has 1 aliphatic heterocycles. The lowest BCUT2D eigenvalue weighted by Gasteiger charge is -2.14. The average Bonchev–Trinajstić information content (AvgIpc) is 3.36. The van der Waals surface area contributed by atoms with Gasteiger partial charge in [0.1, 0.15) is 0 Å². The molecule has 1 saturated heterocycles. The first-order valence-corrected chi connectivity index (χ1v) is 9.86. The molecule has 0 amide bonds. The molecule has 3 aromatic heterocycles. The third-order valence-corrected chi connectivity index (χ3v) is 5.84. The zero-order valence-electron chi connectivity index (χ0n) is 15.0. The van der Waals surface area contributed by atoms with Crippen LogP contribution in [0.1, 0.15) is 34.6 Å². The van der Waals surface area contributed by atoms with Gasteiger partial charge in [0.05, 0.1) is 11.9 Å². The zero-order chi connectivity index (χ0) is 18.1. The fourth-order valence-electron chi connectivity index (χ4n) is 3.48. The van der Waals surface area contributed by atoms with Crippen LogP contribution in [0, 0.1) is 13.8 Å². The van der Waals surface area contributed by atoms with Gasteiger partial charge in [0, 0.05) is 36.3 Å². The van der Waals surface area contributed by atoms with Crippen molar-refractivity contribution in [2.24, 2.45) is 0 Å². The Labute approximate surface area is 156 Å². The van der Waals surface area contributed by atoms with E-state index in [1.807, 2.05) is 41.8 Å². The molecule has 0 N–H and O–H groups in total. The SMILES string of the molecule is Cc1cc(C(=O)CSc2nnc3ccccn23)c(C)n1C[C@@H]1CCCO1. The minimum atomic E-state index is 0.120. The van der Waals surface area contributed by atoms with Gasteiger partial charge in [-0.25, -0.2) is 0 Å². The Kier molecular flexibility index (Phi) is 4.82. The molecule has 6 nitrogen and oxygen atoms in total. The van der Waals surface area contributed by atoms with Gasteiger partial charge in [-0.3, -0.25) is 9.20 Å². The average molecular weight is 370 g/mol. The highest BCUT2D eigenvalue weighted by Crippen LogP contribution is 2.23. The van der Waals surface area contributed by atoms with Crippen LogP contribution in [0.5, 0.6) is 0 Å². The number of thioether (sulfide) groups is 1. The van der Waals surface area contributed by atoms with E-state index < -0.39 is 0 Å². The summed E-state index contributed by atoms with van der Waals surface area (Å²) >= 11 is 1.42. The standard InChI is InChI=1S/C19H22N4O2S/c1-13-10-16(14(2)23(13)11-15-6-5-9-25-15)17(24)12-26-19-21-20-18-7-3-4-8-22(18)19/h3-4,7-8,10,15H,5-6,9,11-12H2,1-2H3/t15-/m0/s1. The van der Waals surface area contributed by atoms with Crippen LogP contribution in [0.2, 0.25) is 0 Å². The van der Waals surface area contributed by atoms with Crippen LogP contribution in [-0.2, 0) is 11.3 Å². The molecule has 7 heteroatoms. The molecule has 0 bridgehead atoms. The third-order valence-electron chi connectivity index (χ3n) is 4.90. The molecule has 0 aromatic carbocycles. The van der Waals surface area contributed by atoms with Crippen molar-refractivity contribution in [3.8, 4) is 0 Å². The molecular formula is C19H22N4O2S. The number of fused-ring (bicyclic) bond motifs is 1. The number of nitrogens with zero attached hydrogens (tertiary/aromatic N) is 4. The number of Topliss-reactive ketones (excluding diaryl/α,β-unsaturated/α-hetero) is 1. The molecule has 1 fully saturated rings. The number of rotatable bonds is 6. The highest BCUT2D eigenvalue weighted by Gasteiger charge is 2.21. The van der Waals surface area contributed by atoms with Crippen LogP contribution in [0.25, 0.3) is 5.65 Å². The molecule has 0 aliphatic carbocycles. The van der Waals surface area contributed by atoms with Gasteiger partial charge in [0.2, 0.25) is 0 Å². The molecule has 0 spiro atoms. The highest BCUT2D eigenvalue weighted by molar-refractivity contribution is 7.99. The van der Waals surface area contributed by atoms with Crippen molar-refractivity contribution in [1.82, 2.24) is 19.2 Å². The molecule has 4 heterocycles. The highest BCUT2D eigenvalue weighted by atomic mass is 32.2. The van der Waals surface area contributed by atoms with E-state index in [1.54, 1.807) is 0 Å². The van der Waals surface area contributed by atoms with Crippen molar-refractivity contribution >= 4 is 23.2 Å². The Morgan fingerprint density at radius 1 is 1.35 bits per heavy atom. The second-order valence-corrected chi connectivity index (χ2v) is 7.60.